The Bertz CT molecular complexity index is 768. The highest BCUT2D eigenvalue weighted by Gasteiger charge is 2.18. The largest absolute Gasteiger partial charge is 0.369 e. The Morgan fingerprint density at radius 3 is 2.80 bits per heavy atom. The fourth-order valence-corrected chi connectivity index (χ4v) is 2.32. The minimum absolute atomic E-state index is 0.0691. The van der Waals surface area contributed by atoms with Gasteiger partial charge in [0.1, 0.15) is 11.3 Å². The van der Waals surface area contributed by atoms with Gasteiger partial charge in [-0.25, -0.2) is 13.8 Å². The number of pyridine rings is 1. The minimum atomic E-state index is -0.719. The predicted octanol–water partition coefficient (Wildman–Crippen LogP) is 2.90. The van der Waals surface area contributed by atoms with Crippen LogP contribution < -0.4 is 5.73 Å². The van der Waals surface area contributed by atoms with Crippen molar-refractivity contribution in [3.63, 3.8) is 0 Å². The van der Waals surface area contributed by atoms with Gasteiger partial charge in [0, 0.05) is 24.5 Å². The third kappa shape index (κ3) is 1.89. The fourth-order valence-electron chi connectivity index (χ4n) is 2.32. The number of anilines is 1. The predicted molar refractivity (Wildman–Crippen MR) is 72.1 cm³/mol. The van der Waals surface area contributed by atoms with Crippen LogP contribution in [0.2, 0.25) is 0 Å². The van der Waals surface area contributed by atoms with Crippen molar-refractivity contribution in [1.29, 1.82) is 0 Å². The van der Waals surface area contributed by atoms with E-state index in [0.29, 0.717) is 5.52 Å². The van der Waals surface area contributed by atoms with E-state index >= 15 is 0 Å². The SMILES string of the molecule is CC(c1cccnc1)n1c(N)nc2c(F)cc(F)cc21. The van der Waals surface area contributed by atoms with Gasteiger partial charge in [0.2, 0.25) is 5.95 Å². The molecule has 0 amide bonds. The van der Waals surface area contributed by atoms with E-state index in [4.69, 9.17) is 5.73 Å². The lowest BCUT2D eigenvalue weighted by molar-refractivity contribution is 0.588. The molecule has 0 radical (unpaired) electrons. The molecule has 3 aromatic rings. The first-order valence-electron chi connectivity index (χ1n) is 6.10. The van der Waals surface area contributed by atoms with Gasteiger partial charge in [-0.05, 0) is 18.6 Å². The van der Waals surface area contributed by atoms with Crippen molar-refractivity contribution in [2.24, 2.45) is 0 Å². The van der Waals surface area contributed by atoms with Crippen LogP contribution in [0.15, 0.2) is 36.7 Å². The number of fused-ring (bicyclic) bond motifs is 1. The summed E-state index contributed by atoms with van der Waals surface area (Å²) in [6, 6.07) is 5.47. The van der Waals surface area contributed by atoms with E-state index in [1.807, 2.05) is 13.0 Å². The molecule has 3 rings (SSSR count). The van der Waals surface area contributed by atoms with Gasteiger partial charge in [-0.2, -0.15) is 0 Å². The van der Waals surface area contributed by atoms with Crippen LogP contribution >= 0.6 is 0 Å². The lowest BCUT2D eigenvalue weighted by atomic mass is 10.1. The molecule has 0 aliphatic rings. The molecule has 0 saturated heterocycles. The normalized spacial score (nSPS) is 12.8. The maximum Gasteiger partial charge on any atom is 0.201 e. The van der Waals surface area contributed by atoms with E-state index in [1.165, 1.54) is 6.07 Å². The first-order chi connectivity index (χ1) is 9.58. The molecule has 2 heterocycles. The second kappa shape index (κ2) is 4.56. The number of hydrogen-bond acceptors (Lipinski definition) is 3. The smallest absolute Gasteiger partial charge is 0.201 e. The Morgan fingerprint density at radius 2 is 2.10 bits per heavy atom. The highest BCUT2D eigenvalue weighted by molar-refractivity contribution is 5.79. The molecule has 4 nitrogen and oxygen atoms in total. The molecular formula is C14H12F2N4. The number of nitrogens with two attached hydrogens (primary N) is 1. The summed E-state index contributed by atoms with van der Waals surface area (Å²) < 4.78 is 28.7. The maximum absolute atomic E-state index is 13.7. The molecule has 0 bridgehead atoms. The average molecular weight is 274 g/mol. The third-order valence-corrected chi connectivity index (χ3v) is 3.29. The van der Waals surface area contributed by atoms with Crippen molar-refractivity contribution in [1.82, 2.24) is 14.5 Å². The Kier molecular flexibility index (Phi) is 2.85. The third-order valence-electron chi connectivity index (χ3n) is 3.29. The second-order valence-corrected chi connectivity index (χ2v) is 4.56. The van der Waals surface area contributed by atoms with E-state index < -0.39 is 11.6 Å². The van der Waals surface area contributed by atoms with Crippen LogP contribution in [-0.4, -0.2) is 14.5 Å². The zero-order valence-corrected chi connectivity index (χ0v) is 10.7. The number of halogens is 2. The lowest BCUT2D eigenvalue weighted by Gasteiger charge is -2.16. The van der Waals surface area contributed by atoms with Crippen molar-refractivity contribution in [3.8, 4) is 0 Å². The van der Waals surface area contributed by atoms with Gasteiger partial charge in [-0.1, -0.05) is 6.07 Å². The number of benzene rings is 1. The van der Waals surface area contributed by atoms with Crippen LogP contribution in [0.5, 0.6) is 0 Å². The minimum Gasteiger partial charge on any atom is -0.369 e. The standard InChI is InChI=1S/C14H12F2N4/c1-8(9-3-2-4-18-7-9)20-12-6-10(15)5-11(16)13(12)19-14(20)17/h2-8H,1H3,(H2,17,19). The molecule has 102 valence electrons. The summed E-state index contributed by atoms with van der Waals surface area (Å²) in [7, 11) is 0. The van der Waals surface area contributed by atoms with Gasteiger partial charge < -0.3 is 10.3 Å². The summed E-state index contributed by atoms with van der Waals surface area (Å²) in [4.78, 5) is 8.02. The molecule has 0 saturated carbocycles. The van der Waals surface area contributed by atoms with Gasteiger partial charge in [0.05, 0.1) is 11.6 Å². The quantitative estimate of drug-likeness (QED) is 0.781. The number of nitrogen functional groups attached to an aromatic ring is 1. The van der Waals surface area contributed by atoms with Crippen molar-refractivity contribution in [2.45, 2.75) is 13.0 Å². The van der Waals surface area contributed by atoms with Gasteiger partial charge in [0.15, 0.2) is 5.82 Å². The highest BCUT2D eigenvalue weighted by Crippen LogP contribution is 2.28. The van der Waals surface area contributed by atoms with Crippen LogP contribution in [0.4, 0.5) is 14.7 Å². The van der Waals surface area contributed by atoms with Crippen molar-refractivity contribution in [2.75, 3.05) is 5.73 Å². The van der Waals surface area contributed by atoms with Crippen molar-refractivity contribution >= 4 is 17.0 Å². The highest BCUT2D eigenvalue weighted by atomic mass is 19.1. The number of imidazole rings is 1. The van der Waals surface area contributed by atoms with E-state index in [1.54, 1.807) is 23.0 Å². The van der Waals surface area contributed by atoms with Crippen molar-refractivity contribution < 1.29 is 8.78 Å². The molecular weight excluding hydrogens is 262 g/mol. The summed E-state index contributed by atoms with van der Waals surface area (Å²) in [5.74, 6) is -1.24. The van der Waals surface area contributed by atoms with Crippen LogP contribution in [0.25, 0.3) is 11.0 Å². The number of aromatic nitrogens is 3. The summed E-state index contributed by atoms with van der Waals surface area (Å²) in [5, 5.41) is 0. The van der Waals surface area contributed by atoms with Crippen LogP contribution in [-0.2, 0) is 0 Å². The maximum atomic E-state index is 13.7. The fraction of sp³-hybridized carbons (Fsp3) is 0.143. The van der Waals surface area contributed by atoms with Gasteiger partial charge in [0.25, 0.3) is 0 Å². The zero-order valence-electron chi connectivity index (χ0n) is 10.7. The molecule has 2 aromatic heterocycles. The van der Waals surface area contributed by atoms with E-state index in [0.717, 1.165) is 11.6 Å². The monoisotopic (exact) mass is 274 g/mol. The summed E-state index contributed by atoms with van der Waals surface area (Å²) in [6.45, 7) is 1.87. The molecule has 1 unspecified atom stereocenters. The average Bonchev–Trinajstić information content (AvgIpc) is 2.76. The number of nitrogens with zero attached hydrogens (tertiary/aromatic N) is 3. The van der Waals surface area contributed by atoms with Gasteiger partial charge in [-0.15, -0.1) is 0 Å². The second-order valence-electron chi connectivity index (χ2n) is 4.56. The number of hydrogen-bond donors (Lipinski definition) is 1. The summed E-state index contributed by atoms with van der Waals surface area (Å²) in [5.41, 5.74) is 7.13. The van der Waals surface area contributed by atoms with Crippen LogP contribution in [0.3, 0.4) is 0 Å². The molecule has 20 heavy (non-hydrogen) atoms. The van der Waals surface area contributed by atoms with Crippen LogP contribution in [0, 0.1) is 11.6 Å². The van der Waals surface area contributed by atoms with E-state index in [9.17, 15) is 8.78 Å². The Labute approximate surface area is 113 Å². The molecule has 0 fully saturated rings. The topological polar surface area (TPSA) is 56.7 Å². The Balaban J connectivity index is 2.23. The molecule has 1 aromatic carbocycles. The molecule has 0 aliphatic carbocycles. The molecule has 2 N–H and O–H groups in total. The Morgan fingerprint density at radius 1 is 1.30 bits per heavy atom. The molecule has 1 atom stereocenters. The lowest BCUT2D eigenvalue weighted by Crippen LogP contribution is -2.10. The molecule has 0 aliphatic heterocycles. The summed E-state index contributed by atoms with van der Waals surface area (Å²) in [6.07, 6.45) is 3.34. The van der Waals surface area contributed by atoms with Crippen molar-refractivity contribution in [3.05, 3.63) is 53.9 Å². The first-order valence-corrected chi connectivity index (χ1v) is 6.10. The van der Waals surface area contributed by atoms with Crippen LogP contribution in [0.1, 0.15) is 18.5 Å². The van der Waals surface area contributed by atoms with E-state index in [-0.39, 0.29) is 17.5 Å². The summed E-state index contributed by atoms with van der Waals surface area (Å²) >= 11 is 0. The molecule has 0 spiro atoms. The first kappa shape index (κ1) is 12.5. The zero-order chi connectivity index (χ0) is 14.3. The number of rotatable bonds is 2. The van der Waals surface area contributed by atoms with Gasteiger partial charge >= 0.3 is 0 Å². The van der Waals surface area contributed by atoms with Gasteiger partial charge in [-0.3, -0.25) is 4.98 Å². The Hall–Kier alpha value is -2.50. The molecule has 6 heteroatoms. The van der Waals surface area contributed by atoms with E-state index in [2.05, 4.69) is 9.97 Å².